The van der Waals surface area contributed by atoms with Gasteiger partial charge in [0.1, 0.15) is 11.6 Å². The fourth-order valence-corrected chi connectivity index (χ4v) is 2.18. The summed E-state index contributed by atoms with van der Waals surface area (Å²) in [6, 6.07) is 6.60. The van der Waals surface area contributed by atoms with Crippen molar-refractivity contribution in [3.8, 4) is 11.5 Å². The van der Waals surface area contributed by atoms with E-state index in [1.807, 2.05) is 0 Å². The number of rotatable bonds is 4. The highest BCUT2D eigenvalue weighted by Crippen LogP contribution is 2.33. The van der Waals surface area contributed by atoms with Crippen molar-refractivity contribution in [2.45, 2.75) is 13.0 Å². The van der Waals surface area contributed by atoms with Crippen LogP contribution in [0.25, 0.3) is 0 Å². The van der Waals surface area contributed by atoms with Gasteiger partial charge in [-0.05, 0) is 36.2 Å². The number of hydrogen-bond donors (Lipinski definition) is 1. The van der Waals surface area contributed by atoms with Crippen molar-refractivity contribution >= 4 is 0 Å². The van der Waals surface area contributed by atoms with Gasteiger partial charge in [0.15, 0.2) is 11.5 Å². The average Bonchev–Trinajstić information content (AvgIpc) is 2.50. The SMILES string of the molecule is COc1ccc(C(N)c2c(F)ccc(C)c2F)cc1OC. The lowest BCUT2D eigenvalue weighted by atomic mass is 9.96. The van der Waals surface area contributed by atoms with E-state index in [0.29, 0.717) is 22.6 Å². The molecule has 0 heterocycles. The standard InChI is InChI=1S/C16H17F2NO2/c1-9-4-6-11(17)14(15(9)18)16(19)10-5-7-12(20-2)13(8-10)21-3/h4-8,16H,19H2,1-3H3. The van der Waals surface area contributed by atoms with Gasteiger partial charge in [0.2, 0.25) is 0 Å². The monoisotopic (exact) mass is 293 g/mol. The Bertz CT molecular complexity index is 659. The number of hydrogen-bond acceptors (Lipinski definition) is 3. The predicted molar refractivity (Wildman–Crippen MR) is 76.7 cm³/mol. The van der Waals surface area contributed by atoms with E-state index in [0.717, 1.165) is 0 Å². The van der Waals surface area contributed by atoms with Crippen LogP contribution in [0, 0.1) is 18.6 Å². The second-order valence-corrected chi connectivity index (χ2v) is 4.68. The molecule has 3 nitrogen and oxygen atoms in total. The zero-order valence-corrected chi connectivity index (χ0v) is 12.1. The first kappa shape index (κ1) is 15.3. The van der Waals surface area contributed by atoms with Gasteiger partial charge in [-0.25, -0.2) is 8.78 Å². The van der Waals surface area contributed by atoms with Gasteiger partial charge < -0.3 is 15.2 Å². The number of nitrogens with two attached hydrogens (primary N) is 1. The minimum atomic E-state index is -0.926. The molecule has 0 saturated heterocycles. The van der Waals surface area contributed by atoms with Crippen LogP contribution in [0.3, 0.4) is 0 Å². The molecule has 0 aliphatic carbocycles. The quantitative estimate of drug-likeness (QED) is 0.940. The molecular weight excluding hydrogens is 276 g/mol. The summed E-state index contributed by atoms with van der Waals surface area (Å²) in [6.45, 7) is 1.57. The highest BCUT2D eigenvalue weighted by molar-refractivity contribution is 5.46. The Hall–Kier alpha value is -2.14. The van der Waals surface area contributed by atoms with E-state index in [4.69, 9.17) is 15.2 Å². The van der Waals surface area contributed by atoms with Gasteiger partial charge in [0.25, 0.3) is 0 Å². The van der Waals surface area contributed by atoms with Crippen molar-refractivity contribution in [2.75, 3.05) is 14.2 Å². The average molecular weight is 293 g/mol. The summed E-state index contributed by atoms with van der Waals surface area (Å²) in [4.78, 5) is 0. The van der Waals surface area contributed by atoms with E-state index >= 15 is 0 Å². The molecule has 2 rings (SSSR count). The Morgan fingerprint density at radius 1 is 1.00 bits per heavy atom. The molecular formula is C16H17F2NO2. The first-order valence-corrected chi connectivity index (χ1v) is 6.41. The van der Waals surface area contributed by atoms with Gasteiger partial charge in [-0.1, -0.05) is 12.1 Å². The minimum Gasteiger partial charge on any atom is -0.493 e. The Morgan fingerprint density at radius 3 is 2.29 bits per heavy atom. The molecule has 2 aromatic rings. The van der Waals surface area contributed by atoms with Crippen molar-refractivity contribution in [3.05, 3.63) is 58.7 Å². The second kappa shape index (κ2) is 6.10. The number of aryl methyl sites for hydroxylation is 1. The van der Waals surface area contributed by atoms with Crippen LogP contribution in [0.1, 0.15) is 22.7 Å². The number of ether oxygens (including phenoxy) is 2. The van der Waals surface area contributed by atoms with E-state index in [-0.39, 0.29) is 5.56 Å². The van der Waals surface area contributed by atoms with Crippen LogP contribution in [0.2, 0.25) is 0 Å². The lowest BCUT2D eigenvalue weighted by Gasteiger charge is -2.17. The van der Waals surface area contributed by atoms with E-state index in [1.54, 1.807) is 25.1 Å². The molecule has 0 aliphatic heterocycles. The summed E-state index contributed by atoms with van der Waals surface area (Å²) in [7, 11) is 3.00. The third-order valence-corrected chi connectivity index (χ3v) is 3.40. The molecule has 0 fully saturated rings. The van der Waals surface area contributed by atoms with Gasteiger partial charge in [0, 0.05) is 5.56 Å². The van der Waals surface area contributed by atoms with Crippen LogP contribution in [0.5, 0.6) is 11.5 Å². The summed E-state index contributed by atoms with van der Waals surface area (Å²) in [5, 5.41) is 0. The normalized spacial score (nSPS) is 12.1. The fourth-order valence-electron chi connectivity index (χ4n) is 2.18. The van der Waals surface area contributed by atoms with Crippen LogP contribution in [-0.4, -0.2) is 14.2 Å². The number of methoxy groups -OCH3 is 2. The Kier molecular flexibility index (Phi) is 4.43. The van der Waals surface area contributed by atoms with Gasteiger partial charge in [-0.2, -0.15) is 0 Å². The molecule has 1 atom stereocenters. The van der Waals surface area contributed by atoms with E-state index < -0.39 is 17.7 Å². The number of benzene rings is 2. The topological polar surface area (TPSA) is 44.5 Å². The summed E-state index contributed by atoms with van der Waals surface area (Å²) in [5.74, 6) is -0.310. The van der Waals surface area contributed by atoms with Gasteiger partial charge >= 0.3 is 0 Å². The number of halogens is 2. The third-order valence-electron chi connectivity index (χ3n) is 3.40. The molecule has 21 heavy (non-hydrogen) atoms. The van der Waals surface area contributed by atoms with Crippen molar-refractivity contribution < 1.29 is 18.3 Å². The van der Waals surface area contributed by atoms with Crippen molar-refractivity contribution in [1.82, 2.24) is 0 Å². The summed E-state index contributed by atoms with van der Waals surface area (Å²) in [5.41, 5.74) is 6.76. The third kappa shape index (κ3) is 2.83. The minimum absolute atomic E-state index is 0.151. The Balaban J connectivity index is 2.50. The van der Waals surface area contributed by atoms with E-state index in [1.165, 1.54) is 26.4 Å². The maximum Gasteiger partial charge on any atom is 0.161 e. The van der Waals surface area contributed by atoms with Gasteiger partial charge in [-0.15, -0.1) is 0 Å². The molecule has 2 aromatic carbocycles. The summed E-state index contributed by atoms with van der Waals surface area (Å²) in [6.07, 6.45) is 0. The molecule has 2 N–H and O–H groups in total. The zero-order valence-electron chi connectivity index (χ0n) is 12.1. The molecule has 0 radical (unpaired) electrons. The van der Waals surface area contributed by atoms with Crippen LogP contribution in [-0.2, 0) is 0 Å². The highest BCUT2D eigenvalue weighted by atomic mass is 19.1. The van der Waals surface area contributed by atoms with Crippen molar-refractivity contribution in [2.24, 2.45) is 5.73 Å². The summed E-state index contributed by atoms with van der Waals surface area (Å²) < 4.78 is 38.4. The van der Waals surface area contributed by atoms with E-state index in [9.17, 15) is 8.78 Å². The van der Waals surface area contributed by atoms with Crippen LogP contribution >= 0.6 is 0 Å². The Labute approximate surface area is 122 Å². The first-order chi connectivity index (χ1) is 9.99. The molecule has 0 aliphatic rings. The van der Waals surface area contributed by atoms with Gasteiger partial charge in [0.05, 0.1) is 20.3 Å². The second-order valence-electron chi connectivity index (χ2n) is 4.68. The smallest absolute Gasteiger partial charge is 0.161 e. The Morgan fingerprint density at radius 2 is 1.67 bits per heavy atom. The fraction of sp³-hybridized carbons (Fsp3) is 0.250. The molecule has 0 aromatic heterocycles. The highest BCUT2D eigenvalue weighted by Gasteiger charge is 2.21. The molecule has 0 spiro atoms. The van der Waals surface area contributed by atoms with Gasteiger partial charge in [-0.3, -0.25) is 0 Å². The molecule has 0 amide bonds. The van der Waals surface area contributed by atoms with Crippen LogP contribution < -0.4 is 15.2 Å². The lowest BCUT2D eigenvalue weighted by Crippen LogP contribution is -2.16. The predicted octanol–water partition coefficient (Wildman–Crippen LogP) is 3.34. The van der Waals surface area contributed by atoms with Crippen molar-refractivity contribution in [1.29, 1.82) is 0 Å². The van der Waals surface area contributed by atoms with Crippen LogP contribution in [0.4, 0.5) is 8.78 Å². The maximum atomic E-state index is 14.2. The lowest BCUT2D eigenvalue weighted by molar-refractivity contribution is 0.354. The maximum absolute atomic E-state index is 14.2. The largest absolute Gasteiger partial charge is 0.493 e. The molecule has 0 saturated carbocycles. The molecule has 1 unspecified atom stereocenters. The zero-order chi connectivity index (χ0) is 15.6. The molecule has 0 bridgehead atoms. The summed E-state index contributed by atoms with van der Waals surface area (Å²) >= 11 is 0. The molecule has 112 valence electrons. The first-order valence-electron chi connectivity index (χ1n) is 6.41. The molecule has 5 heteroatoms. The van der Waals surface area contributed by atoms with Crippen LogP contribution in [0.15, 0.2) is 30.3 Å². The van der Waals surface area contributed by atoms with Crippen molar-refractivity contribution in [3.63, 3.8) is 0 Å². The van der Waals surface area contributed by atoms with E-state index in [2.05, 4.69) is 0 Å².